The predicted octanol–water partition coefficient (Wildman–Crippen LogP) is 10.5. The van der Waals surface area contributed by atoms with Gasteiger partial charge in [0.25, 0.3) is 0 Å². The van der Waals surface area contributed by atoms with Crippen molar-refractivity contribution in [3.63, 3.8) is 0 Å². The highest BCUT2D eigenvalue weighted by atomic mass is 32.1. The number of carbonyl (C=O) groups is 1. The molecule has 0 amide bonds. The summed E-state index contributed by atoms with van der Waals surface area (Å²) in [6.07, 6.45) is 4.79. The Morgan fingerprint density at radius 2 is 1.14 bits per heavy atom. The van der Waals surface area contributed by atoms with E-state index in [4.69, 9.17) is 18.9 Å². The summed E-state index contributed by atoms with van der Waals surface area (Å²) in [6, 6.07) is 44.4. The van der Waals surface area contributed by atoms with Crippen LogP contribution in [-0.4, -0.2) is 16.1 Å². The minimum atomic E-state index is -1.07. The summed E-state index contributed by atoms with van der Waals surface area (Å²) in [4.78, 5) is 17.2. The van der Waals surface area contributed by atoms with Crippen LogP contribution in [0.2, 0.25) is 0 Å². The third-order valence-corrected chi connectivity index (χ3v) is 9.08. The van der Waals surface area contributed by atoms with Gasteiger partial charge >= 0.3 is 5.97 Å². The Balaban J connectivity index is 1.28. The Morgan fingerprint density at radius 3 is 1.69 bits per heavy atom. The van der Waals surface area contributed by atoms with Gasteiger partial charge in [0.2, 0.25) is 0 Å². The van der Waals surface area contributed by atoms with Gasteiger partial charge in [0.05, 0.1) is 10.5 Å². The lowest BCUT2D eigenvalue weighted by Gasteiger charge is -2.14. The molecular weight excluding hydrogens is 659 g/mol. The second kappa shape index (κ2) is 15.9. The summed E-state index contributed by atoms with van der Waals surface area (Å²) in [6.45, 7) is 1.12. The topological polar surface area (TPSA) is 87.1 Å². The quantitative estimate of drug-likeness (QED) is 0.114. The zero-order chi connectivity index (χ0) is 34.8. The molecule has 0 saturated heterocycles. The molecule has 0 radical (unpaired) electrons. The second-order valence-electron chi connectivity index (χ2n) is 11.6. The van der Waals surface area contributed by atoms with Crippen molar-refractivity contribution in [1.29, 1.82) is 0 Å². The summed E-state index contributed by atoms with van der Waals surface area (Å²) in [5.41, 5.74) is 3.74. The maximum Gasteiger partial charge on any atom is 0.336 e. The molecule has 51 heavy (non-hydrogen) atoms. The first kappa shape index (κ1) is 33.1. The Labute approximate surface area is 299 Å². The Bertz CT molecular complexity index is 2240. The molecule has 0 unspecified atom stereocenters. The van der Waals surface area contributed by atoms with Crippen molar-refractivity contribution in [1.82, 2.24) is 4.98 Å². The van der Waals surface area contributed by atoms with Gasteiger partial charge in [-0.05, 0) is 70.8 Å². The Kier molecular flexibility index (Phi) is 10.3. The number of fused-ring (bicyclic) bond motifs is 1. The summed E-state index contributed by atoms with van der Waals surface area (Å²) in [5.74, 6) is 1.80. The van der Waals surface area contributed by atoms with Crippen LogP contribution in [0.25, 0.3) is 21.7 Å². The fourth-order valence-corrected chi connectivity index (χ4v) is 6.48. The molecule has 7 rings (SSSR count). The van der Waals surface area contributed by atoms with Crippen LogP contribution in [-0.2, 0) is 24.6 Å². The van der Waals surface area contributed by atoms with Gasteiger partial charge in [0, 0.05) is 28.5 Å². The number of carboxylic acid groups (broad SMARTS) is 1. The van der Waals surface area contributed by atoms with Gasteiger partial charge in [-0.15, -0.1) is 11.3 Å². The van der Waals surface area contributed by atoms with E-state index in [0.717, 1.165) is 26.8 Å². The normalized spacial score (nSPS) is 11.3. The van der Waals surface area contributed by atoms with E-state index in [9.17, 15) is 9.90 Å². The van der Waals surface area contributed by atoms with E-state index in [1.54, 1.807) is 30.6 Å². The van der Waals surface area contributed by atoms with E-state index >= 15 is 0 Å². The van der Waals surface area contributed by atoms with Crippen molar-refractivity contribution >= 4 is 39.0 Å². The summed E-state index contributed by atoms with van der Waals surface area (Å²) >= 11 is 1.41. The van der Waals surface area contributed by atoms with Gasteiger partial charge in [-0.3, -0.25) is 4.98 Å². The molecule has 8 heteroatoms. The summed E-state index contributed by atoms with van der Waals surface area (Å²) < 4.78 is 26.2. The highest BCUT2D eigenvalue weighted by molar-refractivity contribution is 7.20. The Morgan fingerprint density at radius 1 is 0.627 bits per heavy atom. The van der Waals surface area contributed by atoms with E-state index in [2.05, 4.69) is 4.98 Å². The molecule has 0 fully saturated rings. The number of pyridine rings is 1. The van der Waals surface area contributed by atoms with Crippen LogP contribution in [0.3, 0.4) is 0 Å². The van der Waals surface area contributed by atoms with E-state index in [-0.39, 0.29) is 5.57 Å². The molecular formula is C43H33NO6S. The lowest BCUT2D eigenvalue weighted by atomic mass is 10.1. The largest absolute Gasteiger partial charge is 0.489 e. The van der Waals surface area contributed by atoms with Crippen molar-refractivity contribution in [3.05, 3.63) is 179 Å². The van der Waals surface area contributed by atoms with Gasteiger partial charge < -0.3 is 24.1 Å². The minimum Gasteiger partial charge on any atom is -0.489 e. The molecule has 5 aromatic carbocycles. The van der Waals surface area contributed by atoms with Crippen LogP contribution in [0, 0.1) is 0 Å². The van der Waals surface area contributed by atoms with Crippen molar-refractivity contribution in [2.24, 2.45) is 0 Å². The molecule has 0 bridgehead atoms. The van der Waals surface area contributed by atoms with E-state index < -0.39 is 5.97 Å². The van der Waals surface area contributed by atoms with E-state index in [1.165, 1.54) is 11.3 Å². The van der Waals surface area contributed by atoms with Gasteiger partial charge in [-0.2, -0.15) is 0 Å². The molecule has 0 saturated carbocycles. The molecule has 0 atom stereocenters. The van der Waals surface area contributed by atoms with Crippen LogP contribution in [0.15, 0.2) is 152 Å². The summed E-state index contributed by atoms with van der Waals surface area (Å²) in [5, 5.41) is 11.0. The molecule has 2 heterocycles. The third-order valence-electron chi connectivity index (χ3n) is 8.00. The third kappa shape index (κ3) is 8.44. The predicted molar refractivity (Wildman–Crippen MR) is 200 cm³/mol. The van der Waals surface area contributed by atoms with Gasteiger partial charge in [-0.25, -0.2) is 4.79 Å². The second-order valence-corrected chi connectivity index (χ2v) is 12.7. The maximum atomic E-state index is 12.6. The standard InChI is InChI=1S/C43H33NO6S/c45-43(46)36(33-20-22-44-23-21-33)25-41-42(50-35-18-16-34(17-19-35)47-27-30-10-4-1-5-11-30)37-24-38(48-28-31-12-6-2-7-13-31)39(26-40(37)51-41)49-29-32-14-8-3-9-15-32/h1-26H,27-29H2,(H,45,46)/b36-25+. The smallest absolute Gasteiger partial charge is 0.336 e. The van der Waals surface area contributed by atoms with Gasteiger partial charge in [0.1, 0.15) is 31.3 Å². The van der Waals surface area contributed by atoms with Crippen molar-refractivity contribution < 1.29 is 28.8 Å². The molecule has 1 N–H and O–H groups in total. The fourth-order valence-electron chi connectivity index (χ4n) is 5.39. The SMILES string of the molecule is O=C(O)/C(=C/c1sc2cc(OCc3ccccc3)c(OCc3ccccc3)cc2c1Oc1ccc(OCc2ccccc2)cc1)c1ccncc1. The first-order chi connectivity index (χ1) is 25.1. The number of rotatable bonds is 14. The van der Waals surface area contributed by atoms with Crippen molar-refractivity contribution in [2.75, 3.05) is 0 Å². The first-order valence-electron chi connectivity index (χ1n) is 16.3. The maximum absolute atomic E-state index is 12.6. The number of hydrogen-bond acceptors (Lipinski definition) is 7. The molecule has 7 aromatic rings. The molecule has 0 aliphatic rings. The van der Waals surface area contributed by atoms with Crippen LogP contribution in [0.4, 0.5) is 0 Å². The number of benzene rings is 5. The molecule has 2 aromatic heterocycles. The lowest BCUT2D eigenvalue weighted by Crippen LogP contribution is -2.00. The van der Waals surface area contributed by atoms with E-state index in [0.29, 0.717) is 59.0 Å². The Hall–Kier alpha value is -6.38. The highest BCUT2D eigenvalue weighted by Crippen LogP contribution is 2.47. The molecule has 0 spiro atoms. The zero-order valence-corrected chi connectivity index (χ0v) is 28.3. The molecule has 0 aliphatic heterocycles. The number of nitrogens with zero attached hydrogens (tertiary/aromatic N) is 1. The van der Waals surface area contributed by atoms with E-state index in [1.807, 2.05) is 127 Å². The number of thiophene rings is 1. The molecule has 252 valence electrons. The van der Waals surface area contributed by atoms with Gasteiger partial charge in [-0.1, -0.05) is 91.0 Å². The molecule has 0 aliphatic carbocycles. The van der Waals surface area contributed by atoms with Crippen LogP contribution < -0.4 is 18.9 Å². The summed E-state index contributed by atoms with van der Waals surface area (Å²) in [7, 11) is 0. The minimum absolute atomic E-state index is 0.111. The average molecular weight is 692 g/mol. The number of carboxylic acids is 1. The number of aromatic nitrogens is 1. The van der Waals surface area contributed by atoms with Crippen molar-refractivity contribution in [2.45, 2.75) is 19.8 Å². The van der Waals surface area contributed by atoms with Crippen LogP contribution >= 0.6 is 11.3 Å². The number of aliphatic carboxylic acids is 1. The van der Waals surface area contributed by atoms with Crippen LogP contribution in [0.1, 0.15) is 27.1 Å². The molecule has 7 nitrogen and oxygen atoms in total. The fraction of sp³-hybridized carbons (Fsp3) is 0.0698. The lowest BCUT2D eigenvalue weighted by molar-refractivity contribution is -0.130. The van der Waals surface area contributed by atoms with Crippen LogP contribution in [0.5, 0.6) is 28.7 Å². The zero-order valence-electron chi connectivity index (χ0n) is 27.5. The first-order valence-corrected chi connectivity index (χ1v) is 17.1. The average Bonchev–Trinajstić information content (AvgIpc) is 3.51. The number of ether oxygens (including phenoxy) is 4. The monoisotopic (exact) mass is 691 g/mol. The van der Waals surface area contributed by atoms with Gasteiger partial charge in [0.15, 0.2) is 17.2 Å². The highest BCUT2D eigenvalue weighted by Gasteiger charge is 2.21. The van der Waals surface area contributed by atoms with Crippen molar-refractivity contribution in [3.8, 4) is 28.7 Å². The number of hydrogen-bond donors (Lipinski definition) is 1.